The fraction of sp³-hybridized carbons (Fsp3) is 0.174. The first-order valence-electron chi connectivity index (χ1n) is 9.80. The average molecular weight is 473 g/mol. The van der Waals surface area contributed by atoms with Crippen LogP contribution in [-0.2, 0) is 14.8 Å². The van der Waals surface area contributed by atoms with Crippen molar-refractivity contribution in [1.29, 1.82) is 0 Å². The largest absolute Gasteiger partial charge is 0.453 e. The fourth-order valence-corrected chi connectivity index (χ4v) is 4.71. The van der Waals surface area contributed by atoms with Gasteiger partial charge < -0.3 is 9.64 Å². The summed E-state index contributed by atoms with van der Waals surface area (Å²) in [7, 11) is -3.80. The van der Waals surface area contributed by atoms with Crippen molar-refractivity contribution in [1.82, 2.24) is 0 Å². The molecule has 9 heteroatoms. The van der Waals surface area contributed by atoms with Crippen LogP contribution in [0.1, 0.15) is 17.9 Å². The second-order valence-corrected chi connectivity index (χ2v) is 9.80. The Morgan fingerprint density at radius 3 is 2.47 bits per heavy atom. The van der Waals surface area contributed by atoms with E-state index in [-0.39, 0.29) is 28.9 Å². The molecule has 1 heterocycles. The van der Waals surface area contributed by atoms with Crippen LogP contribution in [0.2, 0.25) is 0 Å². The number of thioether (sulfide) groups is 1. The molecule has 2 N–H and O–H groups in total. The van der Waals surface area contributed by atoms with Crippen molar-refractivity contribution in [3.8, 4) is 11.5 Å². The summed E-state index contributed by atoms with van der Waals surface area (Å²) < 4.78 is 43.2. The molecule has 166 valence electrons. The predicted octanol–water partition coefficient (Wildman–Crippen LogP) is 4.51. The number of carbonyl (C=O) groups excluding carboxylic acids is 1. The number of anilines is 1. The van der Waals surface area contributed by atoms with E-state index < -0.39 is 15.8 Å². The summed E-state index contributed by atoms with van der Waals surface area (Å²) in [4.78, 5) is 15.1. The number of carbonyl (C=O) groups is 1. The van der Waals surface area contributed by atoms with E-state index in [9.17, 15) is 17.6 Å². The summed E-state index contributed by atoms with van der Waals surface area (Å²) in [5.74, 6) is -0.0658. The van der Waals surface area contributed by atoms with Crippen molar-refractivity contribution >= 4 is 33.4 Å². The molecule has 0 saturated carbocycles. The highest BCUT2D eigenvalue weighted by atomic mass is 32.2. The normalized spacial score (nSPS) is 16.4. The summed E-state index contributed by atoms with van der Waals surface area (Å²) in [6.45, 7) is 0.389. The number of halogens is 1. The third-order valence-corrected chi connectivity index (χ3v) is 7.02. The summed E-state index contributed by atoms with van der Waals surface area (Å²) in [6.07, 6.45) is 2.17. The smallest absolute Gasteiger partial charge is 0.238 e. The lowest BCUT2D eigenvalue weighted by molar-refractivity contribution is -0.117. The van der Waals surface area contributed by atoms with Crippen LogP contribution >= 0.6 is 11.8 Å². The summed E-state index contributed by atoms with van der Waals surface area (Å²) in [6, 6.07) is 17.9. The van der Waals surface area contributed by atoms with Crippen molar-refractivity contribution in [3.05, 3.63) is 78.1 Å². The quantitative estimate of drug-likeness (QED) is 0.533. The van der Waals surface area contributed by atoms with Gasteiger partial charge in [-0.2, -0.15) is 0 Å². The van der Waals surface area contributed by atoms with Crippen LogP contribution in [0.3, 0.4) is 0 Å². The maximum absolute atomic E-state index is 14.5. The van der Waals surface area contributed by atoms with E-state index in [1.54, 1.807) is 35.2 Å². The van der Waals surface area contributed by atoms with Gasteiger partial charge in [0.05, 0.1) is 4.90 Å². The Labute approximate surface area is 190 Å². The molecule has 1 atom stereocenters. The molecule has 1 aliphatic rings. The van der Waals surface area contributed by atoms with Crippen molar-refractivity contribution in [3.63, 3.8) is 0 Å². The van der Waals surface area contributed by atoms with Crippen LogP contribution in [-0.4, -0.2) is 27.1 Å². The van der Waals surface area contributed by atoms with Gasteiger partial charge in [-0.25, -0.2) is 17.9 Å². The minimum absolute atomic E-state index is 0.0182. The standard InChI is InChI=1S/C23H21FN2O4S2/c1-31-22-5-3-2-4-20(22)30-21-12-15(6-11-19(21)24)16-13-23(27)26(14-16)17-7-9-18(10-8-17)32(25,28)29/h2-12,16H,13-14H2,1H3,(H2,25,28,29)/t16-/m0/s1. The van der Waals surface area contributed by atoms with Crippen LogP contribution in [0, 0.1) is 5.82 Å². The van der Waals surface area contributed by atoms with E-state index >= 15 is 0 Å². The molecule has 1 aliphatic heterocycles. The van der Waals surface area contributed by atoms with E-state index in [1.807, 2.05) is 24.5 Å². The number of sulfonamides is 1. The number of benzene rings is 3. The zero-order valence-electron chi connectivity index (χ0n) is 17.2. The minimum Gasteiger partial charge on any atom is -0.453 e. The number of para-hydroxylation sites is 1. The highest BCUT2D eigenvalue weighted by molar-refractivity contribution is 7.98. The number of nitrogens with two attached hydrogens (primary N) is 1. The van der Waals surface area contributed by atoms with E-state index in [0.29, 0.717) is 18.0 Å². The van der Waals surface area contributed by atoms with Gasteiger partial charge in [0, 0.05) is 29.5 Å². The number of hydrogen-bond acceptors (Lipinski definition) is 5. The number of primary sulfonamides is 1. The maximum atomic E-state index is 14.5. The minimum atomic E-state index is -3.80. The van der Waals surface area contributed by atoms with Gasteiger partial charge in [0.1, 0.15) is 5.75 Å². The van der Waals surface area contributed by atoms with Crippen molar-refractivity contribution in [2.45, 2.75) is 22.1 Å². The van der Waals surface area contributed by atoms with Crippen LogP contribution in [0.15, 0.2) is 76.5 Å². The molecule has 0 bridgehead atoms. The van der Waals surface area contributed by atoms with Crippen LogP contribution in [0.4, 0.5) is 10.1 Å². The first-order chi connectivity index (χ1) is 15.3. The summed E-state index contributed by atoms with van der Waals surface area (Å²) in [5.41, 5.74) is 1.37. The van der Waals surface area contributed by atoms with Crippen molar-refractivity contribution in [2.75, 3.05) is 17.7 Å². The van der Waals surface area contributed by atoms with Gasteiger partial charge >= 0.3 is 0 Å². The fourth-order valence-electron chi connectivity index (χ4n) is 3.67. The van der Waals surface area contributed by atoms with E-state index in [0.717, 1.165) is 10.5 Å². The lowest BCUT2D eigenvalue weighted by atomic mass is 9.98. The molecule has 0 unspecified atom stereocenters. The molecule has 1 amide bonds. The molecule has 1 fully saturated rings. The van der Waals surface area contributed by atoms with Gasteiger partial charge in [-0.1, -0.05) is 18.2 Å². The van der Waals surface area contributed by atoms with Gasteiger partial charge in [0.2, 0.25) is 15.9 Å². The second kappa shape index (κ2) is 8.93. The Morgan fingerprint density at radius 2 is 1.78 bits per heavy atom. The lowest BCUT2D eigenvalue weighted by Gasteiger charge is -2.18. The molecule has 32 heavy (non-hydrogen) atoms. The number of rotatable bonds is 6. The molecule has 6 nitrogen and oxygen atoms in total. The van der Waals surface area contributed by atoms with Gasteiger partial charge in [0.15, 0.2) is 11.6 Å². The molecule has 1 saturated heterocycles. The van der Waals surface area contributed by atoms with Crippen molar-refractivity contribution in [2.24, 2.45) is 5.14 Å². The molecule has 0 aromatic heterocycles. The number of amides is 1. The second-order valence-electron chi connectivity index (χ2n) is 7.39. The topological polar surface area (TPSA) is 89.7 Å². The van der Waals surface area contributed by atoms with Gasteiger partial charge in [-0.15, -0.1) is 11.8 Å². The monoisotopic (exact) mass is 472 g/mol. The molecular weight excluding hydrogens is 451 g/mol. The molecule has 0 aliphatic carbocycles. The Balaban J connectivity index is 1.56. The molecule has 0 spiro atoms. The third kappa shape index (κ3) is 4.64. The highest BCUT2D eigenvalue weighted by Crippen LogP contribution is 2.37. The zero-order valence-corrected chi connectivity index (χ0v) is 18.8. The first kappa shape index (κ1) is 22.3. The number of nitrogens with zero attached hydrogens (tertiary/aromatic N) is 1. The maximum Gasteiger partial charge on any atom is 0.238 e. The molecule has 4 rings (SSSR count). The van der Waals surface area contributed by atoms with E-state index in [2.05, 4.69) is 0 Å². The predicted molar refractivity (Wildman–Crippen MR) is 122 cm³/mol. The van der Waals surface area contributed by atoms with Gasteiger partial charge in [0.25, 0.3) is 0 Å². The van der Waals surface area contributed by atoms with Gasteiger partial charge in [-0.3, -0.25) is 4.79 Å². The van der Waals surface area contributed by atoms with E-state index in [4.69, 9.17) is 9.88 Å². The number of ether oxygens (including phenoxy) is 1. The van der Waals surface area contributed by atoms with Crippen LogP contribution in [0.25, 0.3) is 0 Å². The summed E-state index contributed by atoms with van der Waals surface area (Å²) in [5, 5.41) is 5.13. The third-order valence-electron chi connectivity index (χ3n) is 5.32. The molecule has 3 aromatic rings. The van der Waals surface area contributed by atoms with Crippen LogP contribution in [0.5, 0.6) is 11.5 Å². The Bertz CT molecular complexity index is 1260. The lowest BCUT2D eigenvalue weighted by Crippen LogP contribution is -2.24. The Kier molecular flexibility index (Phi) is 6.23. The highest BCUT2D eigenvalue weighted by Gasteiger charge is 2.32. The SMILES string of the molecule is CSc1ccccc1Oc1cc([C@H]2CC(=O)N(c3ccc(S(N)(=O)=O)cc3)C2)ccc1F. The molecule has 3 aromatic carbocycles. The van der Waals surface area contributed by atoms with Crippen LogP contribution < -0.4 is 14.8 Å². The Morgan fingerprint density at radius 1 is 1.06 bits per heavy atom. The number of hydrogen-bond donors (Lipinski definition) is 1. The average Bonchev–Trinajstić information content (AvgIpc) is 3.16. The summed E-state index contributed by atoms with van der Waals surface area (Å²) >= 11 is 1.51. The van der Waals surface area contributed by atoms with Crippen molar-refractivity contribution < 1.29 is 22.3 Å². The molecular formula is C23H21FN2O4S2. The van der Waals surface area contributed by atoms with E-state index in [1.165, 1.54) is 30.0 Å². The van der Waals surface area contributed by atoms with Gasteiger partial charge in [-0.05, 0) is 60.4 Å². The zero-order chi connectivity index (χ0) is 22.9. The molecule has 0 radical (unpaired) electrons. The Hall–Kier alpha value is -2.88. The first-order valence-corrected chi connectivity index (χ1v) is 12.6.